The van der Waals surface area contributed by atoms with Crippen LogP contribution in [0.1, 0.15) is 17.9 Å². The second kappa shape index (κ2) is 8.78. The summed E-state index contributed by atoms with van der Waals surface area (Å²) in [6.07, 6.45) is 0.931. The molecule has 168 valence electrons. The summed E-state index contributed by atoms with van der Waals surface area (Å²) in [5.41, 5.74) is 4.77. The SMILES string of the molecule is NC1(C(=O)OC=O)OC1(CC(C=O)c1ccccc1)N1CCN(c2ccc(F)cc2)CC1. The molecule has 2 aliphatic rings. The van der Waals surface area contributed by atoms with Crippen molar-refractivity contribution in [2.45, 2.75) is 23.8 Å². The summed E-state index contributed by atoms with van der Waals surface area (Å²) in [7, 11) is 0. The Balaban J connectivity index is 1.56. The first kappa shape index (κ1) is 22.1. The van der Waals surface area contributed by atoms with Gasteiger partial charge in [-0.1, -0.05) is 30.3 Å². The number of ether oxygens (including phenoxy) is 2. The average Bonchev–Trinajstić information content (AvgIpc) is 3.45. The number of epoxide rings is 1. The molecule has 0 aromatic heterocycles. The Morgan fingerprint density at radius 2 is 1.75 bits per heavy atom. The Bertz CT molecular complexity index is 981. The van der Waals surface area contributed by atoms with Crippen LogP contribution in [0.2, 0.25) is 0 Å². The van der Waals surface area contributed by atoms with Crippen molar-refractivity contribution in [3.8, 4) is 0 Å². The number of piperazine rings is 1. The molecule has 0 aliphatic carbocycles. The van der Waals surface area contributed by atoms with Gasteiger partial charge in [0.05, 0.1) is 0 Å². The molecular weight excluding hydrogens is 417 g/mol. The standard InChI is InChI=1S/C23H24FN3O5/c24-19-6-8-20(9-7-19)26-10-12-27(13-11-26)22(23(25,32-22)21(30)31-16-29)14-18(15-28)17-4-2-1-3-5-17/h1-9,15-16,18H,10-14,25H2. The Morgan fingerprint density at radius 3 is 2.34 bits per heavy atom. The number of benzene rings is 2. The van der Waals surface area contributed by atoms with Crippen LogP contribution in [0.25, 0.3) is 0 Å². The number of anilines is 1. The van der Waals surface area contributed by atoms with E-state index in [-0.39, 0.29) is 18.7 Å². The maximum Gasteiger partial charge on any atom is 0.365 e. The van der Waals surface area contributed by atoms with E-state index in [1.54, 1.807) is 12.1 Å². The van der Waals surface area contributed by atoms with Crippen LogP contribution in [-0.2, 0) is 23.9 Å². The first-order chi connectivity index (χ1) is 15.4. The molecule has 2 aromatic carbocycles. The van der Waals surface area contributed by atoms with Gasteiger partial charge in [-0.3, -0.25) is 15.4 Å². The van der Waals surface area contributed by atoms with Crippen LogP contribution in [0.5, 0.6) is 0 Å². The molecule has 2 N–H and O–H groups in total. The lowest BCUT2D eigenvalue weighted by Crippen LogP contribution is -2.58. The largest absolute Gasteiger partial charge is 0.392 e. The molecule has 2 heterocycles. The van der Waals surface area contributed by atoms with Gasteiger partial charge in [0.15, 0.2) is 5.72 Å². The summed E-state index contributed by atoms with van der Waals surface area (Å²) >= 11 is 0. The summed E-state index contributed by atoms with van der Waals surface area (Å²) in [5.74, 6) is -1.87. The predicted octanol–water partition coefficient (Wildman–Crippen LogP) is 1.40. The Hall–Kier alpha value is -3.14. The number of hydrogen-bond acceptors (Lipinski definition) is 8. The molecule has 3 unspecified atom stereocenters. The van der Waals surface area contributed by atoms with E-state index in [0.29, 0.717) is 26.2 Å². The van der Waals surface area contributed by atoms with Crippen LogP contribution >= 0.6 is 0 Å². The lowest BCUT2D eigenvalue weighted by atomic mass is 9.89. The maximum atomic E-state index is 13.2. The molecule has 9 heteroatoms. The van der Waals surface area contributed by atoms with Gasteiger partial charge in [-0.15, -0.1) is 0 Å². The number of halogens is 1. The highest BCUT2D eigenvalue weighted by molar-refractivity contribution is 5.88. The predicted molar refractivity (Wildman–Crippen MR) is 113 cm³/mol. The zero-order chi connectivity index (χ0) is 22.8. The zero-order valence-corrected chi connectivity index (χ0v) is 17.4. The van der Waals surface area contributed by atoms with E-state index in [4.69, 9.17) is 10.5 Å². The van der Waals surface area contributed by atoms with Crippen LogP contribution in [0.15, 0.2) is 54.6 Å². The van der Waals surface area contributed by atoms with E-state index in [0.717, 1.165) is 17.5 Å². The Labute approximate surface area is 184 Å². The number of hydrogen-bond donors (Lipinski definition) is 1. The minimum atomic E-state index is -1.86. The molecule has 0 amide bonds. The second-order valence-corrected chi connectivity index (χ2v) is 7.93. The van der Waals surface area contributed by atoms with Crippen molar-refractivity contribution in [2.24, 2.45) is 5.73 Å². The summed E-state index contributed by atoms with van der Waals surface area (Å²) < 4.78 is 23.6. The third-order valence-corrected chi connectivity index (χ3v) is 6.20. The fourth-order valence-electron chi connectivity index (χ4n) is 4.42. The van der Waals surface area contributed by atoms with Gasteiger partial charge in [0.2, 0.25) is 0 Å². The number of nitrogens with two attached hydrogens (primary N) is 1. The van der Waals surface area contributed by atoms with Gasteiger partial charge in [0.25, 0.3) is 5.72 Å². The molecule has 8 nitrogen and oxygen atoms in total. The van der Waals surface area contributed by atoms with Gasteiger partial charge < -0.3 is 19.2 Å². The number of carbonyl (C=O) groups is 3. The first-order valence-corrected chi connectivity index (χ1v) is 10.3. The molecule has 0 bridgehead atoms. The van der Waals surface area contributed by atoms with E-state index < -0.39 is 23.3 Å². The van der Waals surface area contributed by atoms with Crippen LogP contribution < -0.4 is 10.6 Å². The molecule has 32 heavy (non-hydrogen) atoms. The van der Waals surface area contributed by atoms with Gasteiger partial charge in [-0.2, -0.15) is 0 Å². The smallest absolute Gasteiger partial charge is 0.365 e. The van der Waals surface area contributed by atoms with Crippen molar-refractivity contribution < 1.29 is 28.2 Å². The summed E-state index contributed by atoms with van der Waals surface area (Å²) in [4.78, 5) is 39.1. The van der Waals surface area contributed by atoms with Crippen molar-refractivity contribution in [3.05, 3.63) is 66.0 Å². The molecule has 4 rings (SSSR count). The quantitative estimate of drug-likeness (QED) is 0.284. The van der Waals surface area contributed by atoms with Crippen LogP contribution in [0.3, 0.4) is 0 Å². The third kappa shape index (κ3) is 3.90. The van der Waals surface area contributed by atoms with Gasteiger partial charge >= 0.3 is 12.4 Å². The van der Waals surface area contributed by atoms with E-state index in [9.17, 15) is 18.8 Å². The van der Waals surface area contributed by atoms with Gasteiger partial charge in [0.1, 0.15) is 12.1 Å². The van der Waals surface area contributed by atoms with Crippen molar-refractivity contribution in [2.75, 3.05) is 31.1 Å². The molecule has 2 fully saturated rings. The van der Waals surface area contributed by atoms with Gasteiger partial charge in [-0.25, -0.2) is 9.18 Å². The van der Waals surface area contributed by atoms with Crippen molar-refractivity contribution in [1.82, 2.24) is 4.90 Å². The minimum Gasteiger partial charge on any atom is -0.392 e. The molecule has 0 saturated carbocycles. The van der Waals surface area contributed by atoms with Gasteiger partial charge in [0, 0.05) is 44.2 Å². The highest BCUT2D eigenvalue weighted by Crippen LogP contribution is 2.53. The Kier molecular flexibility index (Phi) is 6.05. The summed E-state index contributed by atoms with van der Waals surface area (Å²) in [5, 5.41) is 0. The number of nitrogens with zero attached hydrogens (tertiary/aromatic N) is 2. The fraction of sp³-hybridized carbons (Fsp3) is 0.348. The highest BCUT2D eigenvalue weighted by atomic mass is 19.1. The van der Waals surface area contributed by atoms with E-state index >= 15 is 0 Å². The van der Waals surface area contributed by atoms with E-state index in [1.807, 2.05) is 35.2 Å². The lowest BCUT2D eigenvalue weighted by molar-refractivity contribution is -0.156. The number of carbonyl (C=O) groups excluding carboxylic acids is 3. The molecule has 2 aliphatic heterocycles. The molecule has 2 aromatic rings. The average molecular weight is 441 g/mol. The number of aldehydes is 1. The normalized spacial score (nSPS) is 26.2. The third-order valence-electron chi connectivity index (χ3n) is 6.20. The second-order valence-electron chi connectivity index (χ2n) is 7.93. The fourth-order valence-corrected chi connectivity index (χ4v) is 4.42. The maximum absolute atomic E-state index is 13.2. The summed E-state index contributed by atoms with van der Waals surface area (Å²) in [6, 6.07) is 15.4. The minimum absolute atomic E-state index is 0.0181. The van der Waals surface area contributed by atoms with Crippen molar-refractivity contribution >= 4 is 24.4 Å². The van der Waals surface area contributed by atoms with Crippen molar-refractivity contribution in [3.63, 3.8) is 0 Å². The zero-order valence-electron chi connectivity index (χ0n) is 17.4. The Morgan fingerprint density at radius 1 is 1.09 bits per heavy atom. The van der Waals surface area contributed by atoms with E-state index in [1.165, 1.54) is 12.1 Å². The lowest BCUT2D eigenvalue weighted by Gasteiger charge is -2.40. The molecule has 0 spiro atoms. The molecule has 3 atom stereocenters. The number of rotatable bonds is 8. The first-order valence-electron chi connectivity index (χ1n) is 10.3. The monoisotopic (exact) mass is 441 g/mol. The van der Waals surface area contributed by atoms with Crippen LogP contribution in [0, 0.1) is 5.82 Å². The number of esters is 1. The molecular formula is C23H24FN3O5. The molecule has 0 radical (unpaired) electrons. The van der Waals surface area contributed by atoms with Crippen molar-refractivity contribution in [1.29, 1.82) is 0 Å². The van der Waals surface area contributed by atoms with Gasteiger partial charge in [-0.05, 0) is 29.8 Å². The topological polar surface area (TPSA) is 105 Å². The molecule has 2 saturated heterocycles. The van der Waals surface area contributed by atoms with E-state index in [2.05, 4.69) is 9.64 Å². The van der Waals surface area contributed by atoms with Crippen LogP contribution in [-0.4, -0.2) is 61.3 Å². The van der Waals surface area contributed by atoms with Crippen LogP contribution in [0.4, 0.5) is 10.1 Å². The summed E-state index contributed by atoms with van der Waals surface area (Å²) in [6.45, 7) is 2.12. The highest BCUT2D eigenvalue weighted by Gasteiger charge is 2.77.